The smallest absolute Gasteiger partial charge is 0.286 e. The normalized spacial score (nSPS) is 10.2. The maximum Gasteiger partial charge on any atom is 0.344 e. The van der Waals surface area contributed by atoms with E-state index in [0.717, 1.165) is 18.3 Å². The number of halogens is 1. The van der Waals surface area contributed by atoms with Gasteiger partial charge in [0.15, 0.2) is 5.01 Å². The van der Waals surface area contributed by atoms with E-state index in [9.17, 15) is 19.3 Å². The first kappa shape index (κ1) is 11.3. The van der Waals surface area contributed by atoms with Gasteiger partial charge in [0.1, 0.15) is 12.0 Å². The lowest BCUT2D eigenvalue weighted by Gasteiger charge is -1.95. The summed E-state index contributed by atoms with van der Waals surface area (Å²) in [5, 5.41) is 10.3. The molecule has 0 spiro atoms. The highest BCUT2D eigenvalue weighted by Gasteiger charge is 2.18. The van der Waals surface area contributed by atoms with Crippen molar-refractivity contribution in [2.45, 2.75) is 0 Å². The van der Waals surface area contributed by atoms with Gasteiger partial charge >= 0.3 is 5.00 Å². The van der Waals surface area contributed by atoms with Gasteiger partial charge in [0, 0.05) is 5.56 Å². The highest BCUT2D eigenvalue weighted by molar-refractivity contribution is 7.16. The SMILES string of the molecule is O=C(c1ccc(F)cc1)c1ncc([N+](=O)[O-])s1. The second kappa shape index (κ2) is 4.38. The van der Waals surface area contributed by atoms with Crippen LogP contribution in [-0.2, 0) is 0 Å². The van der Waals surface area contributed by atoms with E-state index in [2.05, 4.69) is 4.98 Å². The molecule has 17 heavy (non-hydrogen) atoms. The lowest BCUT2D eigenvalue weighted by atomic mass is 10.1. The maximum absolute atomic E-state index is 12.6. The van der Waals surface area contributed by atoms with Crippen LogP contribution in [0.4, 0.5) is 9.39 Å². The van der Waals surface area contributed by atoms with Crippen molar-refractivity contribution in [1.29, 1.82) is 0 Å². The molecule has 0 N–H and O–H groups in total. The van der Waals surface area contributed by atoms with Gasteiger partial charge in [-0.3, -0.25) is 14.9 Å². The summed E-state index contributed by atoms with van der Waals surface area (Å²) in [6, 6.07) is 4.92. The van der Waals surface area contributed by atoms with Crippen molar-refractivity contribution < 1.29 is 14.1 Å². The number of nitrogens with zero attached hydrogens (tertiary/aromatic N) is 2. The van der Waals surface area contributed by atoms with Crippen LogP contribution in [0.3, 0.4) is 0 Å². The molecule has 0 amide bonds. The molecule has 86 valence electrons. The number of carbonyl (C=O) groups excluding carboxylic acids is 1. The minimum atomic E-state index is -0.612. The molecule has 1 heterocycles. The summed E-state index contributed by atoms with van der Waals surface area (Å²) < 4.78 is 12.6. The van der Waals surface area contributed by atoms with E-state index in [4.69, 9.17) is 0 Å². The first-order valence-electron chi connectivity index (χ1n) is 4.48. The molecule has 0 fully saturated rings. The third-order valence-corrected chi connectivity index (χ3v) is 2.92. The first-order chi connectivity index (χ1) is 8.08. The van der Waals surface area contributed by atoms with Gasteiger partial charge in [-0.1, -0.05) is 0 Å². The molecule has 7 heteroatoms. The number of nitro groups is 1. The Morgan fingerprint density at radius 2 is 2.00 bits per heavy atom. The van der Waals surface area contributed by atoms with E-state index in [1.165, 1.54) is 12.1 Å². The van der Waals surface area contributed by atoms with E-state index < -0.39 is 16.5 Å². The Morgan fingerprint density at radius 1 is 1.35 bits per heavy atom. The molecule has 0 bridgehead atoms. The number of benzene rings is 1. The molecule has 0 aliphatic heterocycles. The maximum atomic E-state index is 12.6. The largest absolute Gasteiger partial charge is 0.344 e. The molecule has 0 saturated heterocycles. The summed E-state index contributed by atoms with van der Waals surface area (Å²) in [6.45, 7) is 0. The number of aromatic nitrogens is 1. The Hall–Kier alpha value is -2.15. The van der Waals surface area contributed by atoms with Crippen LogP contribution < -0.4 is 0 Å². The summed E-state index contributed by atoms with van der Waals surface area (Å²) in [4.78, 5) is 25.3. The van der Waals surface area contributed by atoms with E-state index in [-0.39, 0.29) is 15.6 Å². The van der Waals surface area contributed by atoms with Gasteiger partial charge in [-0.2, -0.15) is 0 Å². The monoisotopic (exact) mass is 252 g/mol. The first-order valence-corrected chi connectivity index (χ1v) is 5.30. The van der Waals surface area contributed by atoms with E-state index in [1.54, 1.807) is 0 Å². The quantitative estimate of drug-likeness (QED) is 0.477. The Balaban J connectivity index is 2.30. The van der Waals surface area contributed by atoms with Crippen LogP contribution in [0.25, 0.3) is 0 Å². The van der Waals surface area contributed by atoms with Gasteiger partial charge in [-0.05, 0) is 35.6 Å². The molecule has 1 aromatic carbocycles. The molecule has 0 aliphatic carbocycles. The fourth-order valence-corrected chi connectivity index (χ4v) is 1.87. The van der Waals surface area contributed by atoms with Crippen molar-refractivity contribution in [1.82, 2.24) is 4.98 Å². The lowest BCUT2D eigenvalue weighted by molar-refractivity contribution is -0.380. The van der Waals surface area contributed by atoms with E-state index in [0.29, 0.717) is 11.3 Å². The zero-order valence-corrected chi connectivity index (χ0v) is 9.11. The number of thiazole rings is 1. The van der Waals surface area contributed by atoms with Gasteiger partial charge in [0.25, 0.3) is 0 Å². The summed E-state index contributed by atoms with van der Waals surface area (Å²) in [5.41, 5.74) is 0.246. The van der Waals surface area contributed by atoms with E-state index in [1.807, 2.05) is 0 Å². The summed E-state index contributed by atoms with van der Waals surface area (Å²) in [7, 11) is 0. The Labute approximate surface area is 98.7 Å². The Kier molecular flexibility index (Phi) is 2.92. The highest BCUT2D eigenvalue weighted by Crippen LogP contribution is 2.23. The van der Waals surface area contributed by atoms with Crippen molar-refractivity contribution in [2.24, 2.45) is 0 Å². The molecule has 0 atom stereocenters. The molecular weight excluding hydrogens is 247 g/mol. The third-order valence-electron chi connectivity index (χ3n) is 1.97. The molecule has 5 nitrogen and oxygen atoms in total. The molecule has 0 saturated carbocycles. The fraction of sp³-hybridized carbons (Fsp3) is 0. The zero-order valence-electron chi connectivity index (χ0n) is 8.29. The second-order valence-electron chi connectivity index (χ2n) is 3.10. The average molecular weight is 252 g/mol. The van der Waals surface area contributed by atoms with Crippen LogP contribution in [0.2, 0.25) is 0 Å². The standard InChI is InChI=1S/C10H5FN2O3S/c11-7-3-1-6(2-4-7)9(14)10-12-5-8(17-10)13(15)16/h1-5H. The predicted molar refractivity (Wildman–Crippen MR) is 58.6 cm³/mol. The topological polar surface area (TPSA) is 73.1 Å². The molecule has 1 aromatic heterocycles. The summed E-state index contributed by atoms with van der Waals surface area (Å²) in [6.07, 6.45) is 1.03. The second-order valence-corrected chi connectivity index (χ2v) is 4.11. The van der Waals surface area contributed by atoms with Gasteiger partial charge in [0.05, 0.1) is 4.92 Å². The molecule has 0 radical (unpaired) electrons. The molecule has 2 rings (SSSR count). The van der Waals surface area contributed by atoms with Crippen LogP contribution in [0.5, 0.6) is 0 Å². The van der Waals surface area contributed by atoms with Gasteiger partial charge in [-0.15, -0.1) is 0 Å². The number of hydrogen-bond donors (Lipinski definition) is 0. The zero-order chi connectivity index (χ0) is 12.4. The molecular formula is C10H5FN2O3S. The lowest BCUT2D eigenvalue weighted by Crippen LogP contribution is -1.99. The van der Waals surface area contributed by atoms with Gasteiger partial charge in [-0.25, -0.2) is 9.37 Å². The minimum absolute atomic E-state index is 0.0170. The van der Waals surface area contributed by atoms with Crippen LogP contribution in [0, 0.1) is 15.9 Å². The minimum Gasteiger partial charge on any atom is -0.286 e. The van der Waals surface area contributed by atoms with Crippen molar-refractivity contribution in [3.05, 3.63) is 57.0 Å². The molecule has 0 aliphatic rings. The highest BCUT2D eigenvalue weighted by atomic mass is 32.1. The Bertz CT molecular complexity index is 579. The van der Waals surface area contributed by atoms with Crippen molar-refractivity contribution in [3.8, 4) is 0 Å². The number of carbonyl (C=O) groups is 1. The van der Waals surface area contributed by atoms with Crippen molar-refractivity contribution >= 4 is 22.1 Å². The number of ketones is 1. The van der Waals surface area contributed by atoms with Crippen LogP contribution in [0.1, 0.15) is 15.4 Å². The number of hydrogen-bond acceptors (Lipinski definition) is 5. The van der Waals surface area contributed by atoms with Gasteiger partial charge < -0.3 is 0 Å². The van der Waals surface area contributed by atoms with E-state index >= 15 is 0 Å². The Morgan fingerprint density at radius 3 is 2.53 bits per heavy atom. The van der Waals surface area contributed by atoms with Crippen LogP contribution >= 0.6 is 11.3 Å². The fourth-order valence-electron chi connectivity index (χ4n) is 1.18. The molecule has 2 aromatic rings. The summed E-state index contributed by atoms with van der Waals surface area (Å²) in [5.74, 6) is -0.908. The summed E-state index contributed by atoms with van der Waals surface area (Å²) >= 11 is 0.695. The van der Waals surface area contributed by atoms with Crippen molar-refractivity contribution in [2.75, 3.05) is 0 Å². The van der Waals surface area contributed by atoms with Crippen LogP contribution in [-0.4, -0.2) is 15.7 Å². The predicted octanol–water partition coefficient (Wildman–Crippen LogP) is 2.42. The number of rotatable bonds is 3. The third kappa shape index (κ3) is 2.34. The van der Waals surface area contributed by atoms with Crippen LogP contribution in [0.15, 0.2) is 30.5 Å². The molecule has 0 unspecified atom stereocenters. The average Bonchev–Trinajstić information content (AvgIpc) is 2.78. The van der Waals surface area contributed by atoms with Crippen molar-refractivity contribution in [3.63, 3.8) is 0 Å². The van der Waals surface area contributed by atoms with Gasteiger partial charge in [0.2, 0.25) is 5.78 Å².